The Morgan fingerprint density at radius 2 is 1.96 bits per heavy atom. The van der Waals surface area contributed by atoms with E-state index in [9.17, 15) is 4.79 Å². The molecule has 1 amide bonds. The molecule has 24 heavy (non-hydrogen) atoms. The highest BCUT2D eigenvalue weighted by Crippen LogP contribution is 2.32. The maximum absolute atomic E-state index is 12.1. The molecule has 124 valence electrons. The van der Waals surface area contributed by atoms with Gasteiger partial charge in [-0.25, -0.2) is 5.43 Å². The Hall–Kier alpha value is -2.47. The number of thioether (sulfide) groups is 1. The minimum atomic E-state index is -0.242. The molecule has 0 spiro atoms. The molecule has 3 rings (SSSR count). The number of hydrogen-bond donors (Lipinski definition) is 1. The molecule has 0 radical (unpaired) electrons. The van der Waals surface area contributed by atoms with Crippen molar-refractivity contribution in [2.75, 3.05) is 13.2 Å². The average Bonchev–Trinajstić information content (AvgIpc) is 2.62. The third-order valence-corrected chi connectivity index (χ3v) is 4.51. The first-order chi connectivity index (χ1) is 11.7. The van der Waals surface area contributed by atoms with E-state index in [1.807, 2.05) is 55.5 Å². The summed E-state index contributed by atoms with van der Waals surface area (Å²) >= 11 is 1.49. The molecule has 1 aliphatic rings. The van der Waals surface area contributed by atoms with Crippen LogP contribution in [0.5, 0.6) is 11.5 Å². The fraction of sp³-hybridized carbons (Fsp3) is 0.222. The van der Waals surface area contributed by atoms with Crippen LogP contribution in [0.2, 0.25) is 0 Å². The Morgan fingerprint density at radius 1 is 1.17 bits per heavy atom. The van der Waals surface area contributed by atoms with E-state index in [1.165, 1.54) is 11.8 Å². The van der Waals surface area contributed by atoms with Gasteiger partial charge in [0, 0.05) is 10.5 Å². The number of hydrazone groups is 1. The fourth-order valence-corrected chi connectivity index (χ4v) is 3.09. The molecule has 1 atom stereocenters. The van der Waals surface area contributed by atoms with Gasteiger partial charge < -0.3 is 9.47 Å². The number of amides is 1. The van der Waals surface area contributed by atoms with Crippen molar-refractivity contribution in [2.24, 2.45) is 5.10 Å². The number of hydrogen-bond acceptors (Lipinski definition) is 5. The molecule has 0 fully saturated rings. The van der Waals surface area contributed by atoms with Gasteiger partial charge in [-0.1, -0.05) is 24.3 Å². The number of fused-ring (bicyclic) bond motifs is 1. The standard InChI is InChI=1S/C18H18N2O3S/c1-13(24-15-7-3-2-4-8-15)18(21)20-19-12-14-6-5-9-16-17(14)23-11-10-22-16/h2-9,12-13H,10-11H2,1H3,(H,20,21)/b19-12+. The normalized spacial score (nSPS) is 14.4. The summed E-state index contributed by atoms with van der Waals surface area (Å²) in [5.41, 5.74) is 3.35. The molecule has 0 saturated heterocycles. The molecule has 2 aromatic rings. The van der Waals surface area contributed by atoms with E-state index < -0.39 is 0 Å². The molecule has 1 unspecified atom stereocenters. The van der Waals surface area contributed by atoms with Gasteiger partial charge in [-0.2, -0.15) is 5.10 Å². The molecule has 0 saturated carbocycles. The number of carbonyl (C=O) groups excluding carboxylic acids is 1. The summed E-state index contributed by atoms with van der Waals surface area (Å²) in [6.07, 6.45) is 1.57. The summed E-state index contributed by atoms with van der Waals surface area (Å²) in [6.45, 7) is 2.90. The van der Waals surface area contributed by atoms with E-state index in [0.29, 0.717) is 24.7 Å². The van der Waals surface area contributed by atoms with Crippen LogP contribution in [0.25, 0.3) is 0 Å². The lowest BCUT2D eigenvalue weighted by atomic mass is 10.2. The molecular weight excluding hydrogens is 324 g/mol. The minimum absolute atomic E-state index is 0.151. The van der Waals surface area contributed by atoms with E-state index in [-0.39, 0.29) is 11.2 Å². The van der Waals surface area contributed by atoms with Crippen molar-refractivity contribution in [2.45, 2.75) is 17.1 Å². The van der Waals surface area contributed by atoms with E-state index in [2.05, 4.69) is 10.5 Å². The minimum Gasteiger partial charge on any atom is -0.486 e. The second-order valence-electron chi connectivity index (χ2n) is 5.18. The maximum atomic E-state index is 12.1. The highest BCUT2D eigenvalue weighted by molar-refractivity contribution is 8.00. The van der Waals surface area contributed by atoms with E-state index in [0.717, 1.165) is 10.5 Å². The third-order valence-electron chi connectivity index (χ3n) is 3.40. The summed E-state index contributed by atoms with van der Waals surface area (Å²) < 4.78 is 11.1. The fourth-order valence-electron chi connectivity index (χ4n) is 2.21. The van der Waals surface area contributed by atoms with Crippen LogP contribution in [0.3, 0.4) is 0 Å². The highest BCUT2D eigenvalue weighted by Gasteiger charge is 2.15. The van der Waals surface area contributed by atoms with Gasteiger partial charge >= 0.3 is 0 Å². The van der Waals surface area contributed by atoms with Gasteiger partial charge in [-0.15, -0.1) is 11.8 Å². The molecule has 1 aliphatic heterocycles. The van der Waals surface area contributed by atoms with Gasteiger partial charge in [-0.05, 0) is 31.2 Å². The highest BCUT2D eigenvalue weighted by atomic mass is 32.2. The number of ether oxygens (including phenoxy) is 2. The van der Waals surface area contributed by atoms with Crippen molar-refractivity contribution < 1.29 is 14.3 Å². The molecule has 1 N–H and O–H groups in total. The van der Waals surface area contributed by atoms with Crippen LogP contribution in [-0.4, -0.2) is 30.6 Å². The predicted octanol–water partition coefficient (Wildman–Crippen LogP) is 3.09. The summed E-state index contributed by atoms with van der Waals surface area (Å²) in [4.78, 5) is 13.2. The van der Waals surface area contributed by atoms with Gasteiger partial charge in [0.1, 0.15) is 13.2 Å². The summed E-state index contributed by atoms with van der Waals surface area (Å²) in [5, 5.41) is 3.80. The van der Waals surface area contributed by atoms with Crippen LogP contribution >= 0.6 is 11.8 Å². The van der Waals surface area contributed by atoms with Crippen molar-refractivity contribution in [3.05, 3.63) is 54.1 Å². The smallest absolute Gasteiger partial charge is 0.253 e. The lowest BCUT2D eigenvalue weighted by Crippen LogP contribution is -2.26. The van der Waals surface area contributed by atoms with Crippen LogP contribution in [-0.2, 0) is 4.79 Å². The first-order valence-electron chi connectivity index (χ1n) is 7.67. The third kappa shape index (κ3) is 4.08. The van der Waals surface area contributed by atoms with Crippen LogP contribution in [0, 0.1) is 0 Å². The molecule has 2 aromatic carbocycles. The summed E-state index contributed by atoms with van der Waals surface area (Å²) in [5.74, 6) is 1.21. The largest absolute Gasteiger partial charge is 0.486 e. The lowest BCUT2D eigenvalue weighted by molar-refractivity contribution is -0.120. The summed E-state index contributed by atoms with van der Waals surface area (Å²) in [6, 6.07) is 15.4. The molecule has 0 aliphatic carbocycles. The van der Waals surface area contributed by atoms with E-state index >= 15 is 0 Å². The van der Waals surface area contributed by atoms with Gasteiger partial charge in [0.05, 0.1) is 11.5 Å². The molecule has 0 bridgehead atoms. The van der Waals surface area contributed by atoms with Gasteiger partial charge in [-0.3, -0.25) is 4.79 Å². The zero-order valence-electron chi connectivity index (χ0n) is 13.3. The number of benzene rings is 2. The Morgan fingerprint density at radius 3 is 2.79 bits per heavy atom. The quantitative estimate of drug-likeness (QED) is 0.515. The average molecular weight is 342 g/mol. The Labute approximate surface area is 145 Å². The number of rotatable bonds is 5. The van der Waals surface area contributed by atoms with Crippen LogP contribution in [0.15, 0.2) is 58.5 Å². The molecule has 1 heterocycles. The van der Waals surface area contributed by atoms with Crippen LogP contribution in [0.4, 0.5) is 0 Å². The van der Waals surface area contributed by atoms with Crippen molar-refractivity contribution in [3.63, 3.8) is 0 Å². The topological polar surface area (TPSA) is 59.9 Å². The number of carbonyl (C=O) groups is 1. The Kier molecular flexibility index (Phi) is 5.38. The first-order valence-corrected chi connectivity index (χ1v) is 8.55. The van der Waals surface area contributed by atoms with Crippen molar-refractivity contribution in [1.29, 1.82) is 0 Å². The molecule has 5 nitrogen and oxygen atoms in total. The monoisotopic (exact) mass is 342 g/mol. The number of nitrogens with one attached hydrogen (secondary N) is 1. The van der Waals surface area contributed by atoms with Crippen LogP contribution in [0.1, 0.15) is 12.5 Å². The number of nitrogens with zero attached hydrogens (tertiary/aromatic N) is 1. The van der Waals surface area contributed by atoms with Crippen molar-refractivity contribution >= 4 is 23.9 Å². The Balaban J connectivity index is 1.59. The first kappa shape index (κ1) is 16.4. The predicted molar refractivity (Wildman–Crippen MR) is 94.9 cm³/mol. The molecule has 6 heteroatoms. The van der Waals surface area contributed by atoms with Crippen LogP contribution < -0.4 is 14.9 Å². The zero-order valence-corrected chi connectivity index (χ0v) is 14.1. The molecular formula is C18H18N2O3S. The molecule has 0 aromatic heterocycles. The van der Waals surface area contributed by atoms with E-state index in [4.69, 9.17) is 9.47 Å². The zero-order chi connectivity index (χ0) is 16.8. The summed E-state index contributed by atoms with van der Waals surface area (Å²) in [7, 11) is 0. The second kappa shape index (κ2) is 7.88. The van der Waals surface area contributed by atoms with Crippen molar-refractivity contribution in [3.8, 4) is 11.5 Å². The second-order valence-corrected chi connectivity index (χ2v) is 6.59. The maximum Gasteiger partial charge on any atom is 0.253 e. The van der Waals surface area contributed by atoms with Gasteiger partial charge in [0.15, 0.2) is 11.5 Å². The Bertz CT molecular complexity index is 734. The number of para-hydroxylation sites is 1. The SMILES string of the molecule is CC(Sc1ccccc1)C(=O)N/N=C/c1cccc2c1OCCO2. The lowest BCUT2D eigenvalue weighted by Gasteiger charge is -2.19. The van der Waals surface area contributed by atoms with E-state index in [1.54, 1.807) is 6.21 Å². The van der Waals surface area contributed by atoms with Gasteiger partial charge in [0.25, 0.3) is 5.91 Å². The van der Waals surface area contributed by atoms with Gasteiger partial charge in [0.2, 0.25) is 0 Å². The van der Waals surface area contributed by atoms with Crippen molar-refractivity contribution in [1.82, 2.24) is 5.43 Å².